The lowest BCUT2D eigenvalue weighted by Gasteiger charge is -2.09. The number of carbonyl (C=O) groups excluding carboxylic acids is 2. The Morgan fingerprint density at radius 3 is 2.50 bits per heavy atom. The Labute approximate surface area is 172 Å². The maximum absolute atomic E-state index is 12.9. The molecule has 2 aromatic heterocycles. The van der Waals surface area contributed by atoms with Gasteiger partial charge in [0.2, 0.25) is 5.78 Å². The van der Waals surface area contributed by atoms with Crippen LogP contribution < -0.4 is 4.74 Å². The number of pyridine rings is 1. The number of methoxy groups -OCH3 is 1. The topological polar surface area (TPSA) is 91.5 Å². The second kappa shape index (κ2) is 8.16. The number of hydrogen-bond donors (Lipinski definition) is 0. The Bertz CT molecular complexity index is 1230. The lowest BCUT2D eigenvalue weighted by atomic mass is 10.1. The van der Waals surface area contributed by atoms with Gasteiger partial charge in [-0.05, 0) is 25.1 Å². The van der Waals surface area contributed by atoms with E-state index in [1.165, 1.54) is 7.11 Å². The van der Waals surface area contributed by atoms with Gasteiger partial charge in [-0.25, -0.2) is 9.78 Å². The summed E-state index contributed by atoms with van der Waals surface area (Å²) in [6.45, 7) is 1.29. The van der Waals surface area contributed by atoms with E-state index >= 15 is 0 Å². The molecule has 7 nitrogen and oxygen atoms in total. The molecule has 4 aromatic rings. The highest BCUT2D eigenvalue weighted by Crippen LogP contribution is 2.27. The first kappa shape index (κ1) is 19.3. The highest BCUT2D eigenvalue weighted by atomic mass is 16.5. The van der Waals surface area contributed by atoms with Gasteiger partial charge in [0.1, 0.15) is 5.75 Å². The minimum atomic E-state index is -0.658. The van der Waals surface area contributed by atoms with E-state index in [-0.39, 0.29) is 17.1 Å². The summed E-state index contributed by atoms with van der Waals surface area (Å²) in [5.74, 6) is -0.600. The molecule has 0 saturated heterocycles. The number of aromatic nitrogens is 2. The molecule has 0 saturated carbocycles. The van der Waals surface area contributed by atoms with Crippen LogP contribution in [0.2, 0.25) is 0 Å². The molecule has 7 heteroatoms. The highest BCUT2D eigenvalue weighted by molar-refractivity contribution is 6.06. The van der Waals surface area contributed by atoms with E-state index in [0.29, 0.717) is 28.1 Å². The van der Waals surface area contributed by atoms with Crippen molar-refractivity contribution in [2.24, 2.45) is 0 Å². The quantitative estimate of drug-likeness (QED) is 0.352. The average Bonchev–Trinajstić information content (AvgIpc) is 3.17. The van der Waals surface area contributed by atoms with Gasteiger partial charge in [0.25, 0.3) is 5.71 Å². The summed E-state index contributed by atoms with van der Waals surface area (Å²) in [6, 6.07) is 17.8. The predicted molar refractivity (Wildman–Crippen MR) is 110 cm³/mol. The van der Waals surface area contributed by atoms with Gasteiger partial charge in [-0.2, -0.15) is 0 Å². The van der Waals surface area contributed by atoms with Crippen LogP contribution in [0.1, 0.15) is 26.4 Å². The van der Waals surface area contributed by atoms with Crippen LogP contribution in [0.15, 0.2) is 65.2 Å². The number of ether oxygens (including phenoxy) is 2. The van der Waals surface area contributed by atoms with Gasteiger partial charge in [-0.3, -0.25) is 4.79 Å². The smallest absolute Gasteiger partial charge is 0.339 e. The van der Waals surface area contributed by atoms with E-state index < -0.39 is 12.6 Å². The lowest BCUT2D eigenvalue weighted by molar-refractivity contribution is 0.0476. The monoisotopic (exact) mass is 402 g/mol. The van der Waals surface area contributed by atoms with Crippen LogP contribution in [0, 0.1) is 6.92 Å². The maximum atomic E-state index is 12.9. The Balaban J connectivity index is 1.64. The predicted octanol–water partition coefficient (Wildman–Crippen LogP) is 4.25. The number of aryl methyl sites for hydroxylation is 1. The van der Waals surface area contributed by atoms with Crippen LogP contribution in [-0.2, 0) is 4.74 Å². The number of benzene rings is 2. The molecule has 0 N–H and O–H groups in total. The van der Waals surface area contributed by atoms with Crippen molar-refractivity contribution in [2.75, 3.05) is 13.7 Å². The third kappa shape index (κ3) is 3.65. The Kier molecular flexibility index (Phi) is 5.26. The molecule has 0 amide bonds. The number of fused-ring (bicyclic) bond motifs is 1. The number of Topliss-reactive ketones (excluding diaryl/α,β-unsaturated/α-hetero) is 1. The first-order valence-electron chi connectivity index (χ1n) is 9.24. The molecule has 2 heterocycles. The second-order valence-electron chi connectivity index (χ2n) is 6.57. The molecule has 0 fully saturated rings. The van der Waals surface area contributed by atoms with E-state index in [2.05, 4.69) is 10.1 Å². The third-order valence-electron chi connectivity index (χ3n) is 4.65. The number of para-hydroxylation sites is 1. The number of nitrogens with zero attached hydrogens (tertiary/aromatic N) is 2. The molecule has 150 valence electrons. The Morgan fingerprint density at radius 1 is 1.00 bits per heavy atom. The standard InChI is InChI=1S/C23H18N2O5/c1-14-21-17(12-18(24-22(21)30-25-14)15-8-4-3-5-9-15)23(27)29-13-19(26)16-10-6-7-11-20(16)28-2/h3-12H,13H2,1-2H3. The summed E-state index contributed by atoms with van der Waals surface area (Å²) in [6.07, 6.45) is 0. The summed E-state index contributed by atoms with van der Waals surface area (Å²) in [5.41, 5.74) is 2.69. The van der Waals surface area contributed by atoms with Gasteiger partial charge >= 0.3 is 5.97 Å². The van der Waals surface area contributed by atoms with Crippen molar-refractivity contribution in [3.63, 3.8) is 0 Å². The summed E-state index contributed by atoms with van der Waals surface area (Å²) in [5, 5.41) is 4.37. The maximum Gasteiger partial charge on any atom is 0.339 e. The number of esters is 1. The highest BCUT2D eigenvalue weighted by Gasteiger charge is 2.22. The van der Waals surface area contributed by atoms with Gasteiger partial charge in [0.05, 0.1) is 35.0 Å². The second-order valence-corrected chi connectivity index (χ2v) is 6.57. The van der Waals surface area contributed by atoms with Crippen LogP contribution in [0.3, 0.4) is 0 Å². The fourth-order valence-corrected chi connectivity index (χ4v) is 3.17. The normalized spacial score (nSPS) is 10.7. The van der Waals surface area contributed by atoms with Gasteiger partial charge in [0, 0.05) is 5.56 Å². The van der Waals surface area contributed by atoms with Gasteiger partial charge in [0.15, 0.2) is 6.61 Å². The molecular weight excluding hydrogens is 384 g/mol. The van der Waals surface area contributed by atoms with Crippen LogP contribution >= 0.6 is 0 Å². The fraction of sp³-hybridized carbons (Fsp3) is 0.130. The minimum Gasteiger partial charge on any atom is -0.496 e. The van der Waals surface area contributed by atoms with E-state index in [1.54, 1.807) is 37.3 Å². The van der Waals surface area contributed by atoms with Crippen molar-refractivity contribution in [1.82, 2.24) is 10.1 Å². The molecule has 0 aliphatic rings. The van der Waals surface area contributed by atoms with Crippen LogP contribution in [0.5, 0.6) is 5.75 Å². The molecule has 30 heavy (non-hydrogen) atoms. The summed E-state index contributed by atoms with van der Waals surface area (Å²) in [7, 11) is 1.48. The van der Waals surface area contributed by atoms with Crippen molar-refractivity contribution in [3.05, 3.63) is 77.5 Å². The number of ketones is 1. The molecule has 0 unspecified atom stereocenters. The Morgan fingerprint density at radius 2 is 1.73 bits per heavy atom. The molecule has 0 aliphatic heterocycles. The van der Waals surface area contributed by atoms with Crippen LogP contribution in [-0.4, -0.2) is 35.6 Å². The summed E-state index contributed by atoms with van der Waals surface area (Å²) in [4.78, 5) is 29.9. The van der Waals surface area contributed by atoms with Crippen molar-refractivity contribution >= 4 is 22.9 Å². The molecular formula is C23H18N2O5. The molecule has 4 rings (SSSR count). The third-order valence-corrected chi connectivity index (χ3v) is 4.65. The lowest BCUT2D eigenvalue weighted by Crippen LogP contribution is -2.15. The molecule has 2 aromatic carbocycles. The molecule has 0 aliphatic carbocycles. The van der Waals surface area contributed by atoms with E-state index in [1.807, 2.05) is 30.3 Å². The number of rotatable bonds is 6. The van der Waals surface area contributed by atoms with Gasteiger partial charge < -0.3 is 14.0 Å². The molecule has 0 radical (unpaired) electrons. The van der Waals surface area contributed by atoms with Gasteiger partial charge in [-0.1, -0.05) is 47.6 Å². The SMILES string of the molecule is COc1ccccc1C(=O)COC(=O)c1cc(-c2ccccc2)nc2onc(C)c12. The molecule has 0 spiro atoms. The van der Waals surface area contributed by atoms with Crippen molar-refractivity contribution in [1.29, 1.82) is 0 Å². The zero-order valence-electron chi connectivity index (χ0n) is 16.4. The number of carbonyl (C=O) groups is 2. The van der Waals surface area contributed by atoms with E-state index in [9.17, 15) is 9.59 Å². The first-order valence-corrected chi connectivity index (χ1v) is 9.24. The summed E-state index contributed by atoms with van der Waals surface area (Å²) >= 11 is 0. The summed E-state index contributed by atoms with van der Waals surface area (Å²) < 4.78 is 15.8. The van der Waals surface area contributed by atoms with E-state index in [0.717, 1.165) is 5.56 Å². The van der Waals surface area contributed by atoms with Crippen molar-refractivity contribution < 1.29 is 23.6 Å². The Hall–Kier alpha value is -4.00. The molecule has 0 atom stereocenters. The zero-order chi connectivity index (χ0) is 21.1. The van der Waals surface area contributed by atoms with Crippen LogP contribution in [0.4, 0.5) is 0 Å². The van der Waals surface area contributed by atoms with Crippen LogP contribution in [0.25, 0.3) is 22.4 Å². The average molecular weight is 402 g/mol. The zero-order valence-corrected chi connectivity index (χ0v) is 16.4. The van der Waals surface area contributed by atoms with Gasteiger partial charge in [-0.15, -0.1) is 0 Å². The fourth-order valence-electron chi connectivity index (χ4n) is 3.17. The minimum absolute atomic E-state index is 0.233. The van der Waals surface area contributed by atoms with E-state index in [4.69, 9.17) is 14.0 Å². The first-order chi connectivity index (χ1) is 14.6. The van der Waals surface area contributed by atoms with Crippen molar-refractivity contribution in [2.45, 2.75) is 6.92 Å². The largest absolute Gasteiger partial charge is 0.496 e. The van der Waals surface area contributed by atoms with Crippen molar-refractivity contribution in [3.8, 4) is 17.0 Å². The molecule has 0 bridgehead atoms. The number of hydrogen-bond acceptors (Lipinski definition) is 7.